The number of benzene rings is 1. The number of phenols is 1. The molecular weight excluding hydrogens is 232 g/mol. The van der Waals surface area contributed by atoms with E-state index in [1.807, 2.05) is 6.92 Å². The van der Waals surface area contributed by atoms with E-state index in [2.05, 4.69) is 0 Å². The Labute approximate surface area is 108 Å². The van der Waals surface area contributed by atoms with Gasteiger partial charge in [0.2, 0.25) is 0 Å². The number of phenolic OH excluding ortho intramolecular Hbond substituents is 1. The first-order valence-electron chi connectivity index (χ1n) is 6.07. The minimum absolute atomic E-state index is 0.0753. The highest BCUT2D eigenvalue weighted by Crippen LogP contribution is 2.31. The molecule has 0 bridgehead atoms. The summed E-state index contributed by atoms with van der Waals surface area (Å²) in [5, 5.41) is 9.53. The lowest BCUT2D eigenvalue weighted by molar-refractivity contribution is -0.153. The van der Waals surface area contributed by atoms with Crippen molar-refractivity contribution in [1.82, 2.24) is 0 Å². The molecule has 4 heteroatoms. The van der Waals surface area contributed by atoms with Crippen LogP contribution in [0.1, 0.15) is 38.9 Å². The summed E-state index contributed by atoms with van der Waals surface area (Å²) in [6.45, 7) is 5.54. The third-order valence-electron chi connectivity index (χ3n) is 2.68. The van der Waals surface area contributed by atoms with Gasteiger partial charge in [0.1, 0.15) is 6.10 Å². The van der Waals surface area contributed by atoms with Crippen LogP contribution in [0.4, 0.5) is 0 Å². The molecule has 0 aliphatic rings. The Hall–Kier alpha value is -1.71. The van der Waals surface area contributed by atoms with E-state index in [0.29, 0.717) is 12.2 Å². The van der Waals surface area contributed by atoms with Crippen LogP contribution in [-0.4, -0.2) is 18.2 Å². The van der Waals surface area contributed by atoms with Crippen LogP contribution in [0.3, 0.4) is 0 Å². The Morgan fingerprint density at radius 3 is 2.56 bits per heavy atom. The molecule has 1 rings (SSSR count). The number of carbonyl (C=O) groups is 1. The predicted octanol–water partition coefficient (Wildman–Crippen LogP) is 3.05. The van der Waals surface area contributed by atoms with Crippen LogP contribution in [0, 0.1) is 5.92 Å². The highest BCUT2D eigenvalue weighted by Gasteiger charge is 2.18. The summed E-state index contributed by atoms with van der Waals surface area (Å²) in [7, 11) is 1.49. The van der Waals surface area contributed by atoms with Gasteiger partial charge >= 0.3 is 5.97 Å². The molecule has 0 heterocycles. The molecule has 0 aromatic heterocycles. The summed E-state index contributed by atoms with van der Waals surface area (Å²) in [6, 6.07) is 4.97. The van der Waals surface area contributed by atoms with Crippen LogP contribution in [0.5, 0.6) is 11.5 Å². The number of hydrogen-bond acceptors (Lipinski definition) is 4. The maximum atomic E-state index is 11.6. The van der Waals surface area contributed by atoms with E-state index in [1.165, 1.54) is 7.11 Å². The second kappa shape index (κ2) is 6.28. The van der Waals surface area contributed by atoms with E-state index in [1.54, 1.807) is 32.0 Å². The molecule has 1 unspecified atom stereocenters. The van der Waals surface area contributed by atoms with Gasteiger partial charge in [0.15, 0.2) is 11.5 Å². The third kappa shape index (κ3) is 3.39. The molecule has 1 aromatic rings. The Morgan fingerprint density at radius 1 is 1.39 bits per heavy atom. The maximum Gasteiger partial charge on any atom is 0.308 e. The molecule has 1 N–H and O–H groups in total. The number of ether oxygens (including phenoxy) is 2. The van der Waals surface area contributed by atoms with E-state index in [-0.39, 0.29) is 23.7 Å². The molecular formula is C14H20O4. The molecule has 0 aliphatic carbocycles. The number of hydrogen-bond donors (Lipinski definition) is 1. The Balaban J connectivity index is 2.91. The first kappa shape index (κ1) is 14.4. The van der Waals surface area contributed by atoms with Crippen molar-refractivity contribution in [3.63, 3.8) is 0 Å². The van der Waals surface area contributed by atoms with E-state index >= 15 is 0 Å². The van der Waals surface area contributed by atoms with Crippen molar-refractivity contribution in [2.24, 2.45) is 5.92 Å². The van der Waals surface area contributed by atoms with E-state index in [0.717, 1.165) is 5.56 Å². The van der Waals surface area contributed by atoms with Crippen molar-refractivity contribution < 1.29 is 19.4 Å². The van der Waals surface area contributed by atoms with Gasteiger partial charge in [-0.1, -0.05) is 26.8 Å². The number of carbonyl (C=O) groups excluding carboxylic acids is 1. The highest BCUT2D eigenvalue weighted by atomic mass is 16.5. The van der Waals surface area contributed by atoms with Gasteiger partial charge in [0, 0.05) is 0 Å². The van der Waals surface area contributed by atoms with E-state index in [4.69, 9.17) is 9.47 Å². The highest BCUT2D eigenvalue weighted by molar-refractivity contribution is 5.71. The summed E-state index contributed by atoms with van der Waals surface area (Å²) in [4.78, 5) is 11.6. The molecule has 1 aromatic carbocycles. The number of methoxy groups -OCH3 is 1. The molecule has 0 saturated carbocycles. The van der Waals surface area contributed by atoms with E-state index < -0.39 is 0 Å². The molecule has 0 fully saturated rings. The van der Waals surface area contributed by atoms with Crippen molar-refractivity contribution in [3.05, 3.63) is 23.8 Å². The molecule has 100 valence electrons. The van der Waals surface area contributed by atoms with Gasteiger partial charge in [0.05, 0.1) is 13.0 Å². The van der Waals surface area contributed by atoms with Crippen LogP contribution in [0.2, 0.25) is 0 Å². The minimum Gasteiger partial charge on any atom is -0.504 e. The molecule has 0 spiro atoms. The largest absolute Gasteiger partial charge is 0.504 e. The van der Waals surface area contributed by atoms with Crippen LogP contribution in [-0.2, 0) is 9.53 Å². The average Bonchev–Trinajstić information content (AvgIpc) is 2.36. The summed E-state index contributed by atoms with van der Waals surface area (Å²) in [6.07, 6.45) is 0.362. The second-order valence-corrected chi connectivity index (χ2v) is 4.42. The van der Waals surface area contributed by atoms with Crippen molar-refractivity contribution >= 4 is 5.97 Å². The second-order valence-electron chi connectivity index (χ2n) is 4.42. The van der Waals surface area contributed by atoms with Crippen LogP contribution in [0.15, 0.2) is 18.2 Å². The van der Waals surface area contributed by atoms with Gasteiger partial charge in [-0.15, -0.1) is 0 Å². The summed E-state index contributed by atoms with van der Waals surface area (Å²) in [5.74, 6) is 0.0739. The van der Waals surface area contributed by atoms with Crippen molar-refractivity contribution in [3.8, 4) is 11.5 Å². The molecule has 18 heavy (non-hydrogen) atoms. The molecule has 1 atom stereocenters. The van der Waals surface area contributed by atoms with E-state index in [9.17, 15) is 9.90 Å². The fourth-order valence-corrected chi connectivity index (χ4v) is 1.56. The van der Waals surface area contributed by atoms with Gasteiger partial charge in [-0.25, -0.2) is 0 Å². The number of rotatable bonds is 5. The Morgan fingerprint density at radius 2 is 2.06 bits per heavy atom. The van der Waals surface area contributed by atoms with Gasteiger partial charge in [0.25, 0.3) is 0 Å². The zero-order valence-electron chi connectivity index (χ0n) is 11.3. The third-order valence-corrected chi connectivity index (χ3v) is 2.68. The first-order valence-corrected chi connectivity index (χ1v) is 6.07. The number of aromatic hydroxyl groups is 1. The zero-order chi connectivity index (χ0) is 13.7. The fourth-order valence-electron chi connectivity index (χ4n) is 1.56. The first-order chi connectivity index (χ1) is 8.49. The van der Waals surface area contributed by atoms with Crippen LogP contribution < -0.4 is 4.74 Å². The van der Waals surface area contributed by atoms with Crippen molar-refractivity contribution in [2.45, 2.75) is 33.3 Å². The summed E-state index contributed by atoms with van der Waals surface area (Å²) >= 11 is 0. The zero-order valence-corrected chi connectivity index (χ0v) is 11.3. The lowest BCUT2D eigenvalue weighted by Crippen LogP contribution is -2.15. The Kier molecular flexibility index (Phi) is 5.01. The molecule has 0 aliphatic heterocycles. The SMILES string of the molecule is CCC(OC(=O)C(C)C)c1ccc(O)c(OC)c1. The lowest BCUT2D eigenvalue weighted by atomic mass is 10.1. The quantitative estimate of drug-likeness (QED) is 0.818. The van der Waals surface area contributed by atoms with Crippen molar-refractivity contribution in [2.75, 3.05) is 7.11 Å². The molecule has 0 saturated heterocycles. The molecule has 4 nitrogen and oxygen atoms in total. The van der Waals surface area contributed by atoms with Gasteiger partial charge in [-0.2, -0.15) is 0 Å². The van der Waals surface area contributed by atoms with Gasteiger partial charge in [-0.05, 0) is 24.1 Å². The topological polar surface area (TPSA) is 55.8 Å². The predicted molar refractivity (Wildman–Crippen MR) is 68.6 cm³/mol. The fraction of sp³-hybridized carbons (Fsp3) is 0.500. The smallest absolute Gasteiger partial charge is 0.308 e. The van der Waals surface area contributed by atoms with Gasteiger partial charge < -0.3 is 14.6 Å². The summed E-state index contributed by atoms with van der Waals surface area (Å²) < 4.78 is 10.5. The monoisotopic (exact) mass is 252 g/mol. The molecule has 0 amide bonds. The van der Waals surface area contributed by atoms with Crippen LogP contribution >= 0.6 is 0 Å². The lowest BCUT2D eigenvalue weighted by Gasteiger charge is -2.18. The normalized spacial score (nSPS) is 12.3. The minimum atomic E-state index is -0.311. The number of esters is 1. The van der Waals surface area contributed by atoms with Gasteiger partial charge in [-0.3, -0.25) is 4.79 Å². The summed E-state index contributed by atoms with van der Waals surface area (Å²) in [5.41, 5.74) is 0.821. The van der Waals surface area contributed by atoms with Crippen molar-refractivity contribution in [1.29, 1.82) is 0 Å². The average molecular weight is 252 g/mol. The van der Waals surface area contributed by atoms with Crippen LogP contribution in [0.25, 0.3) is 0 Å². The maximum absolute atomic E-state index is 11.6. The Bertz CT molecular complexity index is 412. The molecule has 0 radical (unpaired) electrons. The standard InChI is InChI=1S/C14H20O4/c1-5-12(18-14(16)9(2)3)10-6-7-11(15)13(8-10)17-4/h6-9,12,15H,5H2,1-4H3.